The molecule has 0 unspecified atom stereocenters. The van der Waals surface area contributed by atoms with Gasteiger partial charge in [-0.2, -0.15) is 0 Å². The highest BCUT2D eigenvalue weighted by molar-refractivity contribution is 6.01. The highest BCUT2D eigenvalue weighted by Gasteiger charge is 2.53. The molecule has 1 aliphatic heterocycles. The van der Waals surface area contributed by atoms with E-state index in [1.165, 1.54) is 13.2 Å². The largest absolute Gasteiger partial charge is 0.445 e. The second kappa shape index (κ2) is 6.87. The van der Waals surface area contributed by atoms with Crippen molar-refractivity contribution in [2.45, 2.75) is 45.6 Å². The molecule has 0 saturated carbocycles. The van der Waals surface area contributed by atoms with Crippen molar-refractivity contribution < 1.29 is 23.8 Å². The van der Waals surface area contributed by atoms with Crippen molar-refractivity contribution in [3.8, 4) is 0 Å². The standard InChI is InChI=1S/C15H23NO5/c1-7-8-20-14(18)16-11(9-10(2)3)12(13(16)17)21-15(4,5)19-6/h7,9,11-12H,1,8H2,2-6H3/t11-,12+/m0/s1. The summed E-state index contributed by atoms with van der Waals surface area (Å²) in [5.41, 5.74) is 0.970. The van der Waals surface area contributed by atoms with Gasteiger partial charge in [0.2, 0.25) is 0 Å². The van der Waals surface area contributed by atoms with Gasteiger partial charge in [-0.25, -0.2) is 9.69 Å². The van der Waals surface area contributed by atoms with Crippen molar-refractivity contribution >= 4 is 12.0 Å². The Morgan fingerprint density at radius 2 is 2.05 bits per heavy atom. The lowest BCUT2D eigenvalue weighted by Gasteiger charge is -2.45. The van der Waals surface area contributed by atoms with Crippen molar-refractivity contribution in [2.24, 2.45) is 0 Å². The van der Waals surface area contributed by atoms with Gasteiger partial charge in [-0.05, 0) is 27.7 Å². The second-order valence-corrected chi connectivity index (χ2v) is 5.45. The number of methoxy groups -OCH3 is 1. The van der Waals surface area contributed by atoms with Gasteiger partial charge in [0.1, 0.15) is 6.61 Å². The van der Waals surface area contributed by atoms with Gasteiger partial charge < -0.3 is 14.2 Å². The molecular weight excluding hydrogens is 274 g/mol. The first-order valence-electron chi connectivity index (χ1n) is 6.72. The maximum absolute atomic E-state index is 12.1. The molecule has 2 amide bonds. The molecule has 6 heteroatoms. The lowest BCUT2D eigenvalue weighted by atomic mass is 9.96. The van der Waals surface area contributed by atoms with Gasteiger partial charge in [0.25, 0.3) is 5.91 Å². The van der Waals surface area contributed by atoms with E-state index in [9.17, 15) is 9.59 Å². The number of β-lactam (4-membered cyclic amide) rings is 1. The fraction of sp³-hybridized carbons (Fsp3) is 0.600. The topological polar surface area (TPSA) is 65.1 Å². The number of ether oxygens (including phenoxy) is 3. The summed E-state index contributed by atoms with van der Waals surface area (Å²) in [6.07, 6.45) is 1.79. The second-order valence-electron chi connectivity index (χ2n) is 5.45. The number of likely N-dealkylation sites (tertiary alicyclic amines) is 1. The molecule has 0 aliphatic carbocycles. The molecule has 0 aromatic heterocycles. The van der Waals surface area contributed by atoms with E-state index in [1.807, 2.05) is 13.8 Å². The highest BCUT2D eigenvalue weighted by atomic mass is 16.7. The molecule has 1 heterocycles. The highest BCUT2D eigenvalue weighted by Crippen LogP contribution is 2.30. The summed E-state index contributed by atoms with van der Waals surface area (Å²) in [5, 5.41) is 0. The molecule has 2 atom stereocenters. The first-order valence-corrected chi connectivity index (χ1v) is 6.72. The quantitative estimate of drug-likeness (QED) is 0.427. The minimum atomic E-state index is -0.912. The van der Waals surface area contributed by atoms with Crippen LogP contribution in [0.15, 0.2) is 24.3 Å². The van der Waals surface area contributed by atoms with Crippen LogP contribution in [-0.4, -0.2) is 48.5 Å². The average molecular weight is 297 g/mol. The van der Waals surface area contributed by atoms with Gasteiger partial charge in [-0.1, -0.05) is 24.3 Å². The SMILES string of the molecule is C=CCOC(=O)N1C(=O)[C@H](OC(C)(C)OC)[C@@H]1C=C(C)C. The summed E-state index contributed by atoms with van der Waals surface area (Å²) in [7, 11) is 1.50. The van der Waals surface area contributed by atoms with Crippen molar-refractivity contribution in [1.82, 2.24) is 4.90 Å². The van der Waals surface area contributed by atoms with Crippen molar-refractivity contribution in [2.75, 3.05) is 13.7 Å². The lowest BCUT2D eigenvalue weighted by molar-refractivity contribution is -0.246. The Hall–Kier alpha value is -1.66. The molecule has 0 aromatic carbocycles. The Labute approximate surface area is 125 Å². The molecular formula is C15H23NO5. The summed E-state index contributed by atoms with van der Waals surface area (Å²) < 4.78 is 15.7. The molecule has 0 N–H and O–H groups in total. The number of hydrogen-bond acceptors (Lipinski definition) is 5. The van der Waals surface area contributed by atoms with Crippen LogP contribution in [0.25, 0.3) is 0 Å². The summed E-state index contributed by atoms with van der Waals surface area (Å²) in [6, 6.07) is -0.491. The molecule has 6 nitrogen and oxygen atoms in total. The number of imide groups is 1. The van der Waals surface area contributed by atoms with Gasteiger partial charge in [-0.15, -0.1) is 0 Å². The van der Waals surface area contributed by atoms with E-state index in [1.54, 1.807) is 19.9 Å². The van der Waals surface area contributed by atoms with E-state index < -0.39 is 29.9 Å². The van der Waals surface area contributed by atoms with Crippen LogP contribution in [0, 0.1) is 0 Å². The molecule has 0 bridgehead atoms. The average Bonchev–Trinajstić information content (AvgIpc) is 2.41. The molecule has 118 valence electrons. The van der Waals surface area contributed by atoms with Gasteiger partial charge >= 0.3 is 6.09 Å². The third-order valence-electron chi connectivity index (χ3n) is 3.02. The number of carbonyl (C=O) groups is 2. The maximum atomic E-state index is 12.1. The number of amides is 2. The van der Waals surface area contributed by atoms with Crippen molar-refractivity contribution in [3.05, 3.63) is 24.3 Å². The van der Waals surface area contributed by atoms with Crippen molar-refractivity contribution in [1.29, 1.82) is 0 Å². The maximum Gasteiger partial charge on any atom is 0.417 e. The van der Waals surface area contributed by atoms with Crippen LogP contribution in [0.1, 0.15) is 27.7 Å². The van der Waals surface area contributed by atoms with Crippen LogP contribution in [0.5, 0.6) is 0 Å². The summed E-state index contributed by atoms with van der Waals surface area (Å²) in [4.78, 5) is 25.1. The number of allylic oxidation sites excluding steroid dienone is 1. The Kier molecular flexibility index (Phi) is 5.69. The zero-order chi connectivity index (χ0) is 16.2. The number of nitrogens with zero attached hydrogens (tertiary/aromatic N) is 1. The molecule has 1 rings (SSSR count). The van der Waals surface area contributed by atoms with Gasteiger partial charge in [0, 0.05) is 7.11 Å². The molecule has 0 spiro atoms. The van der Waals surface area contributed by atoms with Crippen LogP contribution >= 0.6 is 0 Å². The molecule has 0 radical (unpaired) electrons. The van der Waals surface area contributed by atoms with Crippen LogP contribution in [0.4, 0.5) is 4.79 Å². The van der Waals surface area contributed by atoms with Crippen LogP contribution in [-0.2, 0) is 19.0 Å². The third kappa shape index (κ3) is 4.15. The van der Waals surface area contributed by atoms with Gasteiger partial charge in [0.05, 0.1) is 6.04 Å². The Bertz CT molecular complexity index is 451. The first kappa shape index (κ1) is 17.4. The van der Waals surface area contributed by atoms with E-state index in [0.29, 0.717) is 0 Å². The predicted octanol–water partition coefficient (Wildman–Crippen LogP) is 2.25. The van der Waals surface area contributed by atoms with E-state index in [4.69, 9.17) is 14.2 Å². The Morgan fingerprint density at radius 1 is 1.43 bits per heavy atom. The smallest absolute Gasteiger partial charge is 0.417 e. The molecule has 21 heavy (non-hydrogen) atoms. The Morgan fingerprint density at radius 3 is 2.52 bits per heavy atom. The molecule has 1 saturated heterocycles. The zero-order valence-corrected chi connectivity index (χ0v) is 13.2. The summed E-state index contributed by atoms with van der Waals surface area (Å²) in [5.74, 6) is -1.35. The minimum Gasteiger partial charge on any atom is -0.445 e. The van der Waals surface area contributed by atoms with E-state index >= 15 is 0 Å². The number of hydrogen-bond donors (Lipinski definition) is 0. The first-order chi connectivity index (χ1) is 9.73. The summed E-state index contributed by atoms with van der Waals surface area (Å²) in [6.45, 7) is 10.7. The third-order valence-corrected chi connectivity index (χ3v) is 3.02. The van der Waals surface area contributed by atoms with Crippen LogP contribution in [0.2, 0.25) is 0 Å². The van der Waals surface area contributed by atoms with Crippen molar-refractivity contribution in [3.63, 3.8) is 0 Å². The van der Waals surface area contributed by atoms with Crippen LogP contribution < -0.4 is 0 Å². The molecule has 0 aromatic rings. The van der Waals surface area contributed by atoms with Gasteiger partial charge in [-0.3, -0.25) is 4.79 Å². The molecule has 1 aliphatic rings. The van der Waals surface area contributed by atoms with Crippen LogP contribution in [0.3, 0.4) is 0 Å². The molecule has 1 fully saturated rings. The van der Waals surface area contributed by atoms with E-state index in [2.05, 4.69) is 6.58 Å². The zero-order valence-electron chi connectivity index (χ0n) is 13.2. The fourth-order valence-corrected chi connectivity index (χ4v) is 1.87. The van der Waals surface area contributed by atoms with Gasteiger partial charge in [0.15, 0.2) is 11.9 Å². The fourth-order valence-electron chi connectivity index (χ4n) is 1.87. The van der Waals surface area contributed by atoms with E-state index in [0.717, 1.165) is 10.5 Å². The monoisotopic (exact) mass is 297 g/mol. The minimum absolute atomic E-state index is 0.0548. The Balaban J connectivity index is 2.88. The normalized spacial score (nSPS) is 21.6. The number of carbonyl (C=O) groups excluding carboxylic acids is 2. The summed E-state index contributed by atoms with van der Waals surface area (Å²) >= 11 is 0. The lowest BCUT2D eigenvalue weighted by Crippen LogP contribution is -2.68. The predicted molar refractivity (Wildman–Crippen MR) is 77.6 cm³/mol. The van der Waals surface area contributed by atoms with E-state index in [-0.39, 0.29) is 6.61 Å². The number of rotatable bonds is 6.